The highest BCUT2D eigenvalue weighted by molar-refractivity contribution is 6.19. The summed E-state index contributed by atoms with van der Waals surface area (Å²) in [5, 5.41) is 5.77. The summed E-state index contributed by atoms with van der Waals surface area (Å²) < 4.78 is 6.25. The Bertz CT molecular complexity index is 2550. The maximum atomic E-state index is 6.25. The number of fused-ring (bicyclic) bond motifs is 6. The van der Waals surface area contributed by atoms with Gasteiger partial charge in [-0.15, -0.1) is 0 Å². The molecule has 210 valence electrons. The van der Waals surface area contributed by atoms with Crippen LogP contribution in [0.1, 0.15) is 0 Å². The van der Waals surface area contributed by atoms with E-state index in [1.807, 2.05) is 18.2 Å². The van der Waals surface area contributed by atoms with Gasteiger partial charge in [-0.25, -0.2) is 9.97 Å². The molecule has 0 spiro atoms. The maximum Gasteiger partial charge on any atom is 0.160 e. The largest absolute Gasteiger partial charge is 0.456 e. The predicted octanol–water partition coefficient (Wildman–Crippen LogP) is 11.4. The first-order valence-electron chi connectivity index (χ1n) is 15.2. The Morgan fingerprint density at radius 3 is 1.82 bits per heavy atom. The van der Waals surface area contributed by atoms with Crippen LogP contribution in [0.2, 0.25) is 0 Å². The number of hydrogen-bond acceptors (Lipinski definition) is 3. The quantitative estimate of drug-likeness (QED) is 0.210. The first kappa shape index (κ1) is 25.4. The van der Waals surface area contributed by atoms with Gasteiger partial charge in [-0.3, -0.25) is 0 Å². The van der Waals surface area contributed by atoms with Crippen molar-refractivity contribution >= 4 is 43.6 Å². The first-order chi connectivity index (χ1) is 22.3. The van der Waals surface area contributed by atoms with Crippen LogP contribution in [0.5, 0.6) is 0 Å². The van der Waals surface area contributed by atoms with Gasteiger partial charge in [0.05, 0.1) is 11.2 Å². The Morgan fingerprint density at radius 1 is 0.378 bits per heavy atom. The summed E-state index contributed by atoms with van der Waals surface area (Å²) in [5.74, 6) is 0.718. The van der Waals surface area contributed by atoms with Crippen molar-refractivity contribution in [3.63, 3.8) is 0 Å². The molecule has 0 aliphatic rings. The predicted molar refractivity (Wildman–Crippen MR) is 186 cm³/mol. The average Bonchev–Trinajstić information content (AvgIpc) is 3.50. The van der Waals surface area contributed by atoms with Gasteiger partial charge in [0, 0.05) is 27.3 Å². The highest BCUT2D eigenvalue weighted by Crippen LogP contribution is 2.38. The second-order valence-corrected chi connectivity index (χ2v) is 11.4. The lowest BCUT2D eigenvalue weighted by atomic mass is 9.96. The van der Waals surface area contributed by atoms with Crippen molar-refractivity contribution in [3.8, 4) is 44.9 Å². The van der Waals surface area contributed by atoms with Crippen LogP contribution < -0.4 is 0 Å². The number of para-hydroxylation sites is 1. The van der Waals surface area contributed by atoms with Gasteiger partial charge in [-0.2, -0.15) is 0 Å². The number of nitrogens with zero attached hydrogens (tertiary/aromatic N) is 2. The fourth-order valence-corrected chi connectivity index (χ4v) is 6.46. The summed E-state index contributed by atoms with van der Waals surface area (Å²) in [4.78, 5) is 10.1. The van der Waals surface area contributed by atoms with E-state index in [9.17, 15) is 0 Å². The number of rotatable bonds is 4. The standard InChI is InChI=1S/C42H26N2O/c1-2-11-28(12-3-1)41-35-18-6-7-19-37(35)43-42(44-41)33-16-9-15-31(25-33)29-13-8-14-30(24-29)32-21-22-38-36(26-32)40-34-17-5-4-10-27(34)20-23-39(40)45-38/h1-26H. The SMILES string of the molecule is c1ccc(-c2nc(-c3cccc(-c4cccc(-c5ccc6oc7ccc8ccccc8c7c6c5)c4)c3)nc3ccccc23)cc1. The van der Waals surface area contributed by atoms with Gasteiger partial charge in [-0.05, 0) is 69.4 Å². The molecule has 0 fully saturated rings. The molecule has 3 heteroatoms. The Labute approximate surface area is 260 Å². The lowest BCUT2D eigenvalue weighted by Crippen LogP contribution is -1.95. The summed E-state index contributed by atoms with van der Waals surface area (Å²) in [5.41, 5.74) is 10.3. The molecular formula is C42H26N2O. The van der Waals surface area contributed by atoms with Crippen molar-refractivity contribution in [1.29, 1.82) is 0 Å². The first-order valence-corrected chi connectivity index (χ1v) is 15.2. The molecule has 0 aliphatic carbocycles. The zero-order valence-corrected chi connectivity index (χ0v) is 24.3. The molecular weight excluding hydrogens is 548 g/mol. The average molecular weight is 575 g/mol. The molecule has 45 heavy (non-hydrogen) atoms. The minimum absolute atomic E-state index is 0.718. The fourth-order valence-electron chi connectivity index (χ4n) is 6.46. The Morgan fingerprint density at radius 2 is 1.00 bits per heavy atom. The second kappa shape index (κ2) is 10.3. The molecule has 9 aromatic rings. The Hall–Kier alpha value is -6.06. The number of hydrogen-bond donors (Lipinski definition) is 0. The normalized spacial score (nSPS) is 11.6. The lowest BCUT2D eigenvalue weighted by molar-refractivity contribution is 0.669. The van der Waals surface area contributed by atoms with Crippen molar-refractivity contribution in [2.45, 2.75) is 0 Å². The highest BCUT2D eigenvalue weighted by Gasteiger charge is 2.14. The van der Waals surface area contributed by atoms with Gasteiger partial charge in [-0.1, -0.05) is 121 Å². The molecule has 0 unspecified atom stereocenters. The molecule has 0 saturated heterocycles. The van der Waals surface area contributed by atoms with E-state index < -0.39 is 0 Å². The lowest BCUT2D eigenvalue weighted by Gasteiger charge is -2.11. The van der Waals surface area contributed by atoms with Gasteiger partial charge in [0.1, 0.15) is 11.2 Å². The van der Waals surface area contributed by atoms with Gasteiger partial charge in [0.15, 0.2) is 5.82 Å². The van der Waals surface area contributed by atoms with E-state index in [-0.39, 0.29) is 0 Å². The maximum absolute atomic E-state index is 6.25. The summed E-state index contributed by atoms with van der Waals surface area (Å²) >= 11 is 0. The van der Waals surface area contributed by atoms with Crippen LogP contribution in [0, 0.1) is 0 Å². The minimum Gasteiger partial charge on any atom is -0.456 e. The molecule has 0 N–H and O–H groups in total. The van der Waals surface area contributed by atoms with E-state index in [0.29, 0.717) is 0 Å². The van der Waals surface area contributed by atoms with Crippen molar-refractivity contribution < 1.29 is 4.42 Å². The third-order valence-corrected chi connectivity index (χ3v) is 8.66. The molecule has 3 nitrogen and oxygen atoms in total. The smallest absolute Gasteiger partial charge is 0.160 e. The topological polar surface area (TPSA) is 38.9 Å². The van der Waals surface area contributed by atoms with E-state index in [1.165, 1.54) is 16.2 Å². The molecule has 0 aliphatic heterocycles. The monoisotopic (exact) mass is 574 g/mol. The van der Waals surface area contributed by atoms with E-state index in [1.54, 1.807) is 0 Å². The number of aromatic nitrogens is 2. The zero-order chi connectivity index (χ0) is 29.7. The number of benzene rings is 7. The molecule has 0 bridgehead atoms. The molecule has 0 radical (unpaired) electrons. The summed E-state index contributed by atoms with van der Waals surface area (Å²) in [7, 11) is 0. The van der Waals surface area contributed by atoms with Crippen LogP contribution >= 0.6 is 0 Å². The molecule has 7 aromatic carbocycles. The number of furan rings is 1. The van der Waals surface area contributed by atoms with Gasteiger partial charge in [0.2, 0.25) is 0 Å². The van der Waals surface area contributed by atoms with Crippen LogP contribution in [0.15, 0.2) is 162 Å². The summed E-state index contributed by atoms with van der Waals surface area (Å²) in [6.07, 6.45) is 0. The minimum atomic E-state index is 0.718. The van der Waals surface area contributed by atoms with Crippen molar-refractivity contribution in [2.75, 3.05) is 0 Å². The third kappa shape index (κ3) is 4.37. The highest BCUT2D eigenvalue weighted by atomic mass is 16.3. The summed E-state index contributed by atoms with van der Waals surface area (Å²) in [6, 6.07) is 55.0. The van der Waals surface area contributed by atoms with Gasteiger partial charge >= 0.3 is 0 Å². The van der Waals surface area contributed by atoms with Crippen LogP contribution in [0.25, 0.3) is 88.5 Å². The molecule has 0 atom stereocenters. The molecule has 9 rings (SSSR count). The summed E-state index contributed by atoms with van der Waals surface area (Å²) in [6.45, 7) is 0. The van der Waals surface area contributed by atoms with E-state index in [0.717, 1.165) is 72.4 Å². The van der Waals surface area contributed by atoms with E-state index in [4.69, 9.17) is 14.4 Å². The zero-order valence-electron chi connectivity index (χ0n) is 24.3. The molecule has 2 aromatic heterocycles. The second-order valence-electron chi connectivity index (χ2n) is 11.4. The third-order valence-electron chi connectivity index (χ3n) is 8.66. The van der Waals surface area contributed by atoms with Crippen molar-refractivity contribution in [2.24, 2.45) is 0 Å². The fraction of sp³-hybridized carbons (Fsp3) is 0. The van der Waals surface area contributed by atoms with Crippen LogP contribution in [0.4, 0.5) is 0 Å². The Kier molecular flexibility index (Phi) is 5.82. The van der Waals surface area contributed by atoms with Crippen LogP contribution in [-0.2, 0) is 0 Å². The Balaban J connectivity index is 1.14. The van der Waals surface area contributed by atoms with Gasteiger partial charge < -0.3 is 4.42 Å². The van der Waals surface area contributed by atoms with E-state index in [2.05, 4.69) is 140 Å². The van der Waals surface area contributed by atoms with Crippen molar-refractivity contribution in [1.82, 2.24) is 9.97 Å². The van der Waals surface area contributed by atoms with Gasteiger partial charge in [0.25, 0.3) is 0 Å². The van der Waals surface area contributed by atoms with Crippen molar-refractivity contribution in [3.05, 3.63) is 158 Å². The molecule has 0 saturated carbocycles. The molecule has 0 amide bonds. The van der Waals surface area contributed by atoms with Crippen LogP contribution in [0.3, 0.4) is 0 Å². The van der Waals surface area contributed by atoms with Crippen LogP contribution in [-0.4, -0.2) is 9.97 Å². The van der Waals surface area contributed by atoms with E-state index >= 15 is 0 Å². The molecule has 2 heterocycles.